The molecule has 2 rings (SSSR count). The van der Waals surface area contributed by atoms with Gasteiger partial charge in [0.15, 0.2) is 5.11 Å². The van der Waals surface area contributed by atoms with Crippen molar-refractivity contribution in [3.63, 3.8) is 0 Å². The van der Waals surface area contributed by atoms with E-state index in [0.717, 1.165) is 18.7 Å². The summed E-state index contributed by atoms with van der Waals surface area (Å²) in [4.78, 5) is 10.2. The highest BCUT2D eigenvalue weighted by Gasteiger charge is 2.05. The monoisotopic (exact) mass is 343 g/mol. The highest BCUT2D eigenvalue weighted by atomic mass is 32.1. The van der Waals surface area contributed by atoms with Gasteiger partial charge >= 0.3 is 0 Å². The maximum absolute atomic E-state index is 10.6. The van der Waals surface area contributed by atoms with E-state index >= 15 is 0 Å². The molecule has 0 amide bonds. The Hall–Kier alpha value is -2.47. The van der Waals surface area contributed by atoms with Gasteiger partial charge in [-0.1, -0.05) is 38.1 Å². The quantitative estimate of drug-likeness (QED) is 0.466. The second-order valence-electron chi connectivity index (χ2n) is 5.83. The Bertz CT molecular complexity index is 697. The van der Waals surface area contributed by atoms with Crippen LogP contribution in [0, 0.1) is 10.1 Å². The predicted molar refractivity (Wildman–Crippen MR) is 102 cm³/mol. The molecule has 6 heteroatoms. The van der Waals surface area contributed by atoms with Gasteiger partial charge in [-0.25, -0.2) is 0 Å². The molecule has 0 atom stereocenters. The molecule has 0 unspecified atom stereocenters. The third kappa shape index (κ3) is 5.31. The topological polar surface area (TPSA) is 67.2 Å². The van der Waals surface area contributed by atoms with Crippen molar-refractivity contribution < 1.29 is 4.92 Å². The van der Waals surface area contributed by atoms with E-state index in [1.54, 1.807) is 12.1 Å². The number of hydrogen-bond acceptors (Lipinski definition) is 3. The highest BCUT2D eigenvalue weighted by Crippen LogP contribution is 2.16. The van der Waals surface area contributed by atoms with E-state index in [1.165, 1.54) is 23.3 Å². The fraction of sp³-hybridized carbons (Fsp3) is 0.278. The smallest absolute Gasteiger partial charge is 0.269 e. The van der Waals surface area contributed by atoms with Crippen LogP contribution in [0.15, 0.2) is 48.5 Å². The van der Waals surface area contributed by atoms with E-state index < -0.39 is 4.92 Å². The zero-order chi connectivity index (χ0) is 17.5. The van der Waals surface area contributed by atoms with Crippen molar-refractivity contribution >= 4 is 28.7 Å². The number of non-ortho nitro benzene ring substituents is 1. The van der Waals surface area contributed by atoms with Gasteiger partial charge in [-0.15, -0.1) is 0 Å². The maximum atomic E-state index is 10.6. The third-order valence-electron chi connectivity index (χ3n) is 3.68. The van der Waals surface area contributed by atoms with Crippen LogP contribution >= 0.6 is 12.2 Å². The van der Waals surface area contributed by atoms with Crippen LogP contribution in [-0.4, -0.2) is 16.6 Å². The summed E-state index contributed by atoms with van der Waals surface area (Å²) in [5.74, 6) is 0.538. The number of benzene rings is 2. The number of hydrogen-bond donors (Lipinski definition) is 2. The van der Waals surface area contributed by atoms with Gasteiger partial charge in [-0.2, -0.15) is 0 Å². The lowest BCUT2D eigenvalue weighted by Gasteiger charge is -2.11. The number of rotatable bonds is 6. The minimum absolute atomic E-state index is 0.0595. The first kappa shape index (κ1) is 17.9. The minimum atomic E-state index is -0.426. The fourth-order valence-electron chi connectivity index (χ4n) is 2.23. The van der Waals surface area contributed by atoms with Gasteiger partial charge in [-0.3, -0.25) is 10.1 Å². The molecule has 2 aromatic carbocycles. The molecule has 0 aromatic heterocycles. The molecular formula is C18H21N3O2S. The average Bonchev–Trinajstić information content (AvgIpc) is 2.55. The van der Waals surface area contributed by atoms with Crippen LogP contribution < -0.4 is 10.6 Å². The standard InChI is InChI=1S/C18H21N3O2S/c1-13(2)15-5-3-14(4-6-15)11-12-19-18(24)20-16-7-9-17(10-8-16)21(22)23/h3-10,13H,11-12H2,1-2H3,(H2,19,20,24). The average molecular weight is 343 g/mol. The molecular weight excluding hydrogens is 322 g/mol. The molecule has 2 N–H and O–H groups in total. The first-order valence-corrected chi connectivity index (χ1v) is 8.24. The SMILES string of the molecule is CC(C)c1ccc(CCNC(=S)Nc2ccc([N+](=O)[O-])cc2)cc1. The van der Waals surface area contributed by atoms with E-state index in [1.807, 2.05) is 0 Å². The number of nitro benzene ring substituents is 1. The molecule has 0 bridgehead atoms. The normalized spacial score (nSPS) is 10.5. The van der Waals surface area contributed by atoms with Crippen LogP contribution in [0.25, 0.3) is 0 Å². The lowest BCUT2D eigenvalue weighted by Crippen LogP contribution is -2.30. The third-order valence-corrected chi connectivity index (χ3v) is 3.93. The Morgan fingerprint density at radius 2 is 1.75 bits per heavy atom. The van der Waals surface area contributed by atoms with Gasteiger partial charge in [0, 0.05) is 24.4 Å². The summed E-state index contributed by atoms with van der Waals surface area (Å²) in [5.41, 5.74) is 3.37. The first-order valence-electron chi connectivity index (χ1n) is 7.84. The van der Waals surface area contributed by atoms with Crippen molar-refractivity contribution in [1.82, 2.24) is 5.32 Å². The highest BCUT2D eigenvalue weighted by molar-refractivity contribution is 7.80. The van der Waals surface area contributed by atoms with Gasteiger partial charge in [0.2, 0.25) is 0 Å². The zero-order valence-corrected chi connectivity index (χ0v) is 14.6. The molecule has 2 aromatic rings. The molecule has 0 aliphatic rings. The largest absolute Gasteiger partial charge is 0.362 e. The summed E-state index contributed by atoms with van der Waals surface area (Å²) in [7, 11) is 0. The van der Waals surface area contributed by atoms with Crippen LogP contribution in [0.4, 0.5) is 11.4 Å². The Morgan fingerprint density at radius 1 is 1.12 bits per heavy atom. The van der Waals surface area contributed by atoms with Crippen LogP contribution in [0.1, 0.15) is 30.9 Å². The summed E-state index contributed by atoms with van der Waals surface area (Å²) in [6.45, 7) is 5.08. The van der Waals surface area contributed by atoms with Gasteiger partial charge in [0.25, 0.3) is 5.69 Å². The Morgan fingerprint density at radius 3 is 2.29 bits per heavy atom. The summed E-state index contributed by atoms with van der Waals surface area (Å²) >= 11 is 5.23. The number of nitrogens with zero attached hydrogens (tertiary/aromatic N) is 1. The van der Waals surface area contributed by atoms with Crippen LogP contribution in [-0.2, 0) is 6.42 Å². The Labute approximate surface area is 147 Å². The molecule has 0 heterocycles. The van der Waals surface area contributed by atoms with Crippen molar-refractivity contribution in [3.8, 4) is 0 Å². The molecule has 0 saturated heterocycles. The van der Waals surface area contributed by atoms with Gasteiger partial charge in [-0.05, 0) is 47.8 Å². The van der Waals surface area contributed by atoms with E-state index in [-0.39, 0.29) is 5.69 Å². The van der Waals surface area contributed by atoms with Gasteiger partial charge in [0.1, 0.15) is 0 Å². The van der Waals surface area contributed by atoms with Crippen LogP contribution in [0.5, 0.6) is 0 Å². The van der Waals surface area contributed by atoms with Crippen molar-refractivity contribution in [2.24, 2.45) is 0 Å². The van der Waals surface area contributed by atoms with E-state index in [4.69, 9.17) is 12.2 Å². The second kappa shape index (κ2) is 8.40. The van der Waals surface area contributed by atoms with E-state index in [2.05, 4.69) is 48.7 Å². The molecule has 0 aliphatic carbocycles. The minimum Gasteiger partial charge on any atom is -0.362 e. The fourth-order valence-corrected chi connectivity index (χ4v) is 2.45. The number of nitro groups is 1. The maximum Gasteiger partial charge on any atom is 0.269 e. The summed E-state index contributed by atoms with van der Waals surface area (Å²) in [5, 5.41) is 17.3. The van der Waals surface area contributed by atoms with E-state index in [0.29, 0.717) is 11.0 Å². The summed E-state index contributed by atoms with van der Waals surface area (Å²) in [6.07, 6.45) is 0.875. The summed E-state index contributed by atoms with van der Waals surface area (Å²) in [6, 6.07) is 14.8. The molecule has 0 fully saturated rings. The molecule has 24 heavy (non-hydrogen) atoms. The van der Waals surface area contributed by atoms with Crippen molar-refractivity contribution in [2.75, 3.05) is 11.9 Å². The number of nitrogens with one attached hydrogen (secondary N) is 2. The second-order valence-corrected chi connectivity index (χ2v) is 6.24. The number of anilines is 1. The summed E-state index contributed by atoms with van der Waals surface area (Å²) < 4.78 is 0. The van der Waals surface area contributed by atoms with Crippen molar-refractivity contribution in [2.45, 2.75) is 26.2 Å². The number of thiocarbonyl (C=S) groups is 1. The van der Waals surface area contributed by atoms with Gasteiger partial charge < -0.3 is 10.6 Å². The lowest BCUT2D eigenvalue weighted by molar-refractivity contribution is -0.384. The van der Waals surface area contributed by atoms with Crippen LogP contribution in [0.3, 0.4) is 0 Å². The van der Waals surface area contributed by atoms with Gasteiger partial charge in [0.05, 0.1) is 4.92 Å². The predicted octanol–water partition coefficient (Wildman–Crippen LogP) is 4.25. The molecule has 0 radical (unpaired) electrons. The van der Waals surface area contributed by atoms with E-state index in [9.17, 15) is 10.1 Å². The Kier molecular flexibility index (Phi) is 6.26. The molecule has 0 aliphatic heterocycles. The van der Waals surface area contributed by atoms with Crippen molar-refractivity contribution in [3.05, 3.63) is 69.8 Å². The molecule has 126 valence electrons. The molecule has 5 nitrogen and oxygen atoms in total. The lowest BCUT2D eigenvalue weighted by atomic mass is 10.0. The molecule has 0 spiro atoms. The van der Waals surface area contributed by atoms with Crippen LogP contribution in [0.2, 0.25) is 0 Å². The first-order chi connectivity index (χ1) is 11.5. The Balaban J connectivity index is 1.77. The molecule has 0 saturated carbocycles. The van der Waals surface area contributed by atoms with Crippen molar-refractivity contribution in [1.29, 1.82) is 0 Å². The zero-order valence-electron chi connectivity index (χ0n) is 13.8.